The Balaban J connectivity index is 2.22. The number of carbonyl (C=O) groups is 7. The fourth-order valence-electron chi connectivity index (χ4n) is 7.64. The highest BCUT2D eigenvalue weighted by atomic mass is 16.6. The van der Waals surface area contributed by atoms with Crippen molar-refractivity contribution in [2.75, 3.05) is 20.6 Å². The average molecular weight is 786 g/mol. The summed E-state index contributed by atoms with van der Waals surface area (Å²) in [5, 5.41) is 9.10. The third-order valence-corrected chi connectivity index (χ3v) is 11.1. The van der Waals surface area contributed by atoms with Crippen molar-refractivity contribution in [1.29, 1.82) is 0 Å². The van der Waals surface area contributed by atoms with Gasteiger partial charge < -0.3 is 25.6 Å². The molecule has 2 rings (SSSR count). The smallest absolute Gasteiger partial charge is 0.329 e. The molecule has 316 valence electrons. The molecular weight excluding hydrogens is 714 g/mol. The van der Waals surface area contributed by atoms with Gasteiger partial charge in [-0.1, -0.05) is 73.8 Å². The number of Topliss-reactive ketones (excluding diaryl/α,β-unsaturated/α-hetero) is 1. The Bertz CT molecular complexity index is 1480. The number of esters is 1. The lowest BCUT2D eigenvalue weighted by Gasteiger charge is -2.43. The SMILES string of the molecule is CN[C@H](C(=O)N[C@H](C(=O)N(C)[C@H](/C=C(\C)C(=O)N[C@H](CCC(=O)CCCN1C(=O)C=CC1=O)C(=O)OC(C)(C)C)C(C)C)C(C)(C)C)C(C)(C)C1CCCCC1. The maximum Gasteiger partial charge on any atom is 0.329 e. The first-order chi connectivity index (χ1) is 25.8. The van der Waals surface area contributed by atoms with Crippen LogP contribution in [0.5, 0.6) is 0 Å². The van der Waals surface area contributed by atoms with Crippen LogP contribution >= 0.6 is 0 Å². The van der Waals surface area contributed by atoms with E-state index in [0.717, 1.165) is 30.6 Å². The molecule has 5 amide bonds. The number of carbonyl (C=O) groups excluding carboxylic acids is 7. The van der Waals surface area contributed by atoms with Crippen LogP contribution in [0.25, 0.3) is 0 Å². The van der Waals surface area contributed by atoms with Gasteiger partial charge in [-0.25, -0.2) is 4.79 Å². The molecule has 1 saturated carbocycles. The number of nitrogens with one attached hydrogen (secondary N) is 3. The second-order valence-corrected chi connectivity index (χ2v) is 18.6. The minimum Gasteiger partial charge on any atom is -0.458 e. The quantitative estimate of drug-likeness (QED) is 0.0924. The molecule has 0 aromatic heterocycles. The van der Waals surface area contributed by atoms with E-state index in [1.54, 1.807) is 52.8 Å². The zero-order chi connectivity index (χ0) is 42.8. The molecule has 0 spiro atoms. The molecule has 56 heavy (non-hydrogen) atoms. The first-order valence-electron chi connectivity index (χ1n) is 20.3. The van der Waals surface area contributed by atoms with E-state index < -0.39 is 58.9 Å². The summed E-state index contributed by atoms with van der Waals surface area (Å²) in [4.78, 5) is 94.3. The van der Waals surface area contributed by atoms with E-state index in [1.807, 2.05) is 34.6 Å². The molecule has 3 N–H and O–H groups in total. The Hall–Kier alpha value is -3.87. The number of rotatable bonds is 19. The molecule has 2 aliphatic rings. The van der Waals surface area contributed by atoms with E-state index in [0.29, 0.717) is 5.92 Å². The maximum absolute atomic E-state index is 14.3. The van der Waals surface area contributed by atoms with E-state index in [4.69, 9.17) is 4.74 Å². The minimum absolute atomic E-state index is 0.0139. The zero-order valence-electron chi connectivity index (χ0n) is 36.4. The van der Waals surface area contributed by atoms with Gasteiger partial charge in [0, 0.05) is 44.2 Å². The van der Waals surface area contributed by atoms with Gasteiger partial charge in [0.1, 0.15) is 23.5 Å². The Labute approximate surface area is 335 Å². The van der Waals surface area contributed by atoms with Crippen molar-refractivity contribution in [3.05, 3.63) is 23.8 Å². The maximum atomic E-state index is 14.3. The van der Waals surface area contributed by atoms with E-state index in [1.165, 1.54) is 18.6 Å². The van der Waals surface area contributed by atoms with Crippen LogP contribution in [0.4, 0.5) is 0 Å². The molecular formula is C43H71N5O8. The van der Waals surface area contributed by atoms with Crippen molar-refractivity contribution >= 4 is 41.3 Å². The highest BCUT2D eigenvalue weighted by molar-refractivity contribution is 6.12. The largest absolute Gasteiger partial charge is 0.458 e. The van der Waals surface area contributed by atoms with Crippen molar-refractivity contribution in [2.45, 2.75) is 164 Å². The number of imide groups is 1. The summed E-state index contributed by atoms with van der Waals surface area (Å²) < 4.78 is 5.58. The molecule has 0 aromatic rings. The third-order valence-electron chi connectivity index (χ3n) is 11.1. The standard InChI is InChI=1S/C43H71N5O8/c1-27(2)32(47(13)39(54)36(41(4,5)6)46-38(53)35(44-12)43(10,11)29-18-15-14-16-19-29)26-28(3)37(52)45-31(40(55)56-42(7,8)9)22-21-30(49)20-17-25-48-33(50)23-24-34(48)51/h23-24,26-27,29,31-32,35-36,44H,14-22,25H2,1-13H3,(H,45,52)(H,46,53)/b28-26+/t31-,32-,35-,36-/m1/s1. The van der Waals surface area contributed by atoms with E-state index in [2.05, 4.69) is 29.8 Å². The summed E-state index contributed by atoms with van der Waals surface area (Å²) in [6.07, 6.45) is 10.0. The summed E-state index contributed by atoms with van der Waals surface area (Å²) in [5.41, 5.74) is -1.55. The lowest BCUT2D eigenvalue weighted by Crippen LogP contribution is -2.61. The normalized spacial score (nSPS) is 18.0. The average Bonchev–Trinajstić information content (AvgIpc) is 3.42. The van der Waals surface area contributed by atoms with E-state index in [9.17, 15) is 33.6 Å². The molecule has 13 nitrogen and oxygen atoms in total. The molecule has 0 unspecified atom stereocenters. The summed E-state index contributed by atoms with van der Waals surface area (Å²) in [5.74, 6) is -2.52. The molecule has 0 bridgehead atoms. The van der Waals surface area contributed by atoms with Crippen molar-refractivity contribution in [3.63, 3.8) is 0 Å². The lowest BCUT2D eigenvalue weighted by molar-refractivity contribution is -0.158. The fourth-order valence-corrected chi connectivity index (χ4v) is 7.64. The number of ether oxygens (including phenoxy) is 1. The van der Waals surface area contributed by atoms with Gasteiger partial charge >= 0.3 is 5.97 Å². The van der Waals surface area contributed by atoms with Crippen LogP contribution in [0.1, 0.15) is 134 Å². The van der Waals surface area contributed by atoms with Crippen LogP contribution in [-0.4, -0.2) is 101 Å². The van der Waals surface area contributed by atoms with Crippen molar-refractivity contribution in [2.24, 2.45) is 22.7 Å². The van der Waals surface area contributed by atoms with Crippen molar-refractivity contribution < 1.29 is 38.3 Å². The molecule has 0 aromatic carbocycles. The molecule has 1 aliphatic heterocycles. The topological polar surface area (TPSA) is 171 Å². The number of nitrogens with zero attached hydrogens (tertiary/aromatic N) is 2. The monoisotopic (exact) mass is 786 g/mol. The Morgan fingerprint density at radius 3 is 1.96 bits per heavy atom. The van der Waals surface area contributed by atoms with Gasteiger partial charge in [0.2, 0.25) is 17.7 Å². The van der Waals surface area contributed by atoms with Crippen LogP contribution < -0.4 is 16.0 Å². The number of hydrogen-bond acceptors (Lipinski definition) is 9. The molecule has 1 aliphatic carbocycles. The van der Waals surface area contributed by atoms with E-state index in [-0.39, 0.29) is 66.7 Å². The predicted molar refractivity (Wildman–Crippen MR) is 217 cm³/mol. The molecule has 1 fully saturated rings. The van der Waals surface area contributed by atoms with Crippen LogP contribution in [0.15, 0.2) is 23.8 Å². The van der Waals surface area contributed by atoms with Crippen molar-refractivity contribution in [1.82, 2.24) is 25.8 Å². The Kier molecular flexibility index (Phi) is 17.7. The van der Waals surface area contributed by atoms with Gasteiger partial charge in [-0.05, 0) is 83.1 Å². The summed E-state index contributed by atoms with van der Waals surface area (Å²) in [7, 11) is 3.46. The molecule has 1 heterocycles. The molecule has 13 heteroatoms. The van der Waals surface area contributed by atoms with Gasteiger partial charge in [0.25, 0.3) is 11.8 Å². The van der Waals surface area contributed by atoms with Crippen LogP contribution in [0.2, 0.25) is 0 Å². The third kappa shape index (κ3) is 14.0. The first kappa shape index (κ1) is 48.3. The fraction of sp³-hybridized carbons (Fsp3) is 0.744. The minimum atomic E-state index is -1.13. The zero-order valence-corrected chi connectivity index (χ0v) is 36.4. The predicted octanol–water partition coefficient (Wildman–Crippen LogP) is 5.02. The van der Waals surface area contributed by atoms with Crippen LogP contribution in [0, 0.1) is 22.7 Å². The highest BCUT2D eigenvalue weighted by Gasteiger charge is 2.44. The summed E-state index contributed by atoms with van der Waals surface area (Å²) in [6, 6.07) is -3.03. The molecule has 4 atom stereocenters. The number of amides is 5. The number of hydrogen-bond donors (Lipinski definition) is 3. The Morgan fingerprint density at radius 1 is 0.893 bits per heavy atom. The molecule has 0 saturated heterocycles. The van der Waals surface area contributed by atoms with Crippen LogP contribution in [-0.2, 0) is 38.3 Å². The van der Waals surface area contributed by atoms with Crippen LogP contribution in [0.3, 0.4) is 0 Å². The summed E-state index contributed by atoms with van der Waals surface area (Å²) in [6.45, 7) is 20.7. The van der Waals surface area contributed by atoms with Gasteiger partial charge in [0.15, 0.2) is 0 Å². The second-order valence-electron chi connectivity index (χ2n) is 18.6. The second kappa shape index (κ2) is 20.5. The van der Waals surface area contributed by atoms with E-state index >= 15 is 0 Å². The van der Waals surface area contributed by atoms with Crippen molar-refractivity contribution in [3.8, 4) is 0 Å². The summed E-state index contributed by atoms with van der Waals surface area (Å²) >= 11 is 0. The Morgan fingerprint density at radius 2 is 1.46 bits per heavy atom. The highest BCUT2D eigenvalue weighted by Crippen LogP contribution is 2.41. The van der Waals surface area contributed by atoms with Gasteiger partial charge in [-0.15, -0.1) is 0 Å². The van der Waals surface area contributed by atoms with Gasteiger partial charge in [-0.3, -0.25) is 33.7 Å². The lowest BCUT2D eigenvalue weighted by atomic mass is 9.66. The first-order valence-corrected chi connectivity index (χ1v) is 20.3. The number of likely N-dealkylation sites (N-methyl/N-ethyl adjacent to an activating group) is 2. The number of ketones is 1. The van der Waals surface area contributed by atoms with Gasteiger partial charge in [-0.2, -0.15) is 0 Å². The molecule has 0 radical (unpaired) electrons. The van der Waals surface area contributed by atoms with Gasteiger partial charge in [0.05, 0.1) is 12.1 Å².